The van der Waals surface area contributed by atoms with E-state index in [0.29, 0.717) is 0 Å². The number of amides is 1. The minimum absolute atomic E-state index is 0.0150. The van der Waals surface area contributed by atoms with Crippen LogP contribution in [0.4, 0.5) is 0 Å². The van der Waals surface area contributed by atoms with E-state index in [-0.39, 0.29) is 17.4 Å². The molecule has 0 heterocycles. The third kappa shape index (κ3) is 2.99. The molecule has 2 aromatic carbocycles. The maximum absolute atomic E-state index is 12.5. The molecular formula is C19H21NO. The van der Waals surface area contributed by atoms with Gasteiger partial charge in [0.1, 0.15) is 0 Å². The van der Waals surface area contributed by atoms with E-state index in [9.17, 15) is 4.79 Å². The van der Waals surface area contributed by atoms with Crippen LogP contribution in [0.3, 0.4) is 0 Å². The normalized spacial score (nSPS) is 20.4. The Bertz CT molecular complexity index is 694. The van der Waals surface area contributed by atoms with Crippen molar-refractivity contribution in [3.63, 3.8) is 0 Å². The van der Waals surface area contributed by atoms with E-state index in [1.165, 1.54) is 0 Å². The highest BCUT2D eigenvalue weighted by molar-refractivity contribution is 6.07. The molecule has 0 radical (unpaired) electrons. The van der Waals surface area contributed by atoms with Gasteiger partial charge in [0, 0.05) is 11.6 Å². The van der Waals surface area contributed by atoms with E-state index < -0.39 is 0 Å². The van der Waals surface area contributed by atoms with Gasteiger partial charge >= 0.3 is 0 Å². The van der Waals surface area contributed by atoms with Crippen LogP contribution in [0.15, 0.2) is 54.6 Å². The fourth-order valence-corrected chi connectivity index (χ4v) is 2.87. The lowest BCUT2D eigenvalue weighted by Gasteiger charge is -2.29. The number of benzene rings is 2. The molecule has 0 saturated carbocycles. The molecule has 108 valence electrons. The van der Waals surface area contributed by atoms with E-state index in [2.05, 4.69) is 31.3 Å². The van der Waals surface area contributed by atoms with E-state index >= 15 is 0 Å². The Balaban J connectivity index is 1.82. The first-order valence-corrected chi connectivity index (χ1v) is 7.53. The maximum Gasteiger partial charge on any atom is 0.252 e. The molecular weight excluding hydrogens is 258 g/mol. The fraction of sp³-hybridized carbons (Fsp3) is 0.316. The molecule has 0 aliphatic heterocycles. The first-order valence-electron chi connectivity index (χ1n) is 7.53. The maximum atomic E-state index is 12.5. The second-order valence-corrected chi connectivity index (χ2v) is 6.49. The van der Waals surface area contributed by atoms with Gasteiger partial charge in [-0.2, -0.15) is 0 Å². The van der Waals surface area contributed by atoms with Crippen LogP contribution in [0.1, 0.15) is 37.0 Å². The largest absolute Gasteiger partial charge is 0.346 e. The van der Waals surface area contributed by atoms with Gasteiger partial charge in [-0.15, -0.1) is 0 Å². The molecule has 2 heteroatoms. The monoisotopic (exact) mass is 279 g/mol. The Hall–Kier alpha value is -2.09. The summed E-state index contributed by atoms with van der Waals surface area (Å²) in [6.45, 7) is 4.46. The summed E-state index contributed by atoms with van der Waals surface area (Å²) >= 11 is 0. The molecule has 1 aliphatic rings. The van der Waals surface area contributed by atoms with Crippen LogP contribution in [0.2, 0.25) is 0 Å². The second-order valence-electron chi connectivity index (χ2n) is 6.49. The van der Waals surface area contributed by atoms with Crippen LogP contribution in [0.5, 0.6) is 0 Å². The Morgan fingerprint density at radius 3 is 2.67 bits per heavy atom. The van der Waals surface area contributed by atoms with Gasteiger partial charge in [-0.3, -0.25) is 4.79 Å². The zero-order chi connectivity index (χ0) is 14.9. The highest BCUT2D eigenvalue weighted by atomic mass is 16.1. The molecule has 1 atom stereocenters. The molecule has 0 aromatic heterocycles. The van der Waals surface area contributed by atoms with Crippen LogP contribution in [-0.2, 0) is 0 Å². The third-order valence-corrected chi connectivity index (χ3v) is 4.23. The van der Waals surface area contributed by atoms with E-state index in [1.807, 2.05) is 42.5 Å². The highest BCUT2D eigenvalue weighted by Gasteiger charge is 2.23. The first-order chi connectivity index (χ1) is 10.1. The lowest BCUT2D eigenvalue weighted by molar-refractivity contribution is 0.0941. The molecule has 0 spiro atoms. The van der Waals surface area contributed by atoms with Gasteiger partial charge in [0.05, 0.1) is 0 Å². The van der Waals surface area contributed by atoms with Gasteiger partial charge in [-0.1, -0.05) is 62.4 Å². The van der Waals surface area contributed by atoms with Crippen molar-refractivity contribution >= 4 is 16.7 Å². The number of rotatable bonds is 2. The van der Waals surface area contributed by atoms with Crippen LogP contribution in [0.25, 0.3) is 10.8 Å². The van der Waals surface area contributed by atoms with Crippen molar-refractivity contribution in [3.05, 3.63) is 60.2 Å². The molecule has 21 heavy (non-hydrogen) atoms. The average Bonchev–Trinajstić information content (AvgIpc) is 2.49. The summed E-state index contributed by atoms with van der Waals surface area (Å²) in [7, 11) is 0. The van der Waals surface area contributed by atoms with E-state index in [0.717, 1.165) is 29.2 Å². The topological polar surface area (TPSA) is 29.1 Å². The van der Waals surface area contributed by atoms with Crippen molar-refractivity contribution in [2.24, 2.45) is 5.41 Å². The summed E-state index contributed by atoms with van der Waals surface area (Å²) in [5.41, 5.74) is 1.01. The van der Waals surface area contributed by atoms with Crippen molar-refractivity contribution in [1.82, 2.24) is 5.32 Å². The van der Waals surface area contributed by atoms with Gasteiger partial charge in [0.25, 0.3) is 5.91 Å². The van der Waals surface area contributed by atoms with Gasteiger partial charge in [0.2, 0.25) is 0 Å². The molecule has 3 rings (SSSR count). The van der Waals surface area contributed by atoms with Gasteiger partial charge in [-0.25, -0.2) is 0 Å². The van der Waals surface area contributed by atoms with Crippen molar-refractivity contribution < 1.29 is 4.79 Å². The number of hydrogen-bond acceptors (Lipinski definition) is 1. The Kier molecular flexibility index (Phi) is 3.54. The molecule has 1 N–H and O–H groups in total. The van der Waals surface area contributed by atoms with Crippen LogP contribution >= 0.6 is 0 Å². The smallest absolute Gasteiger partial charge is 0.252 e. The minimum atomic E-state index is 0.0150. The number of fused-ring (bicyclic) bond motifs is 1. The number of nitrogens with one attached hydrogen (secondary N) is 1. The van der Waals surface area contributed by atoms with Crippen LogP contribution in [0, 0.1) is 5.41 Å². The Labute approximate surface area is 125 Å². The Morgan fingerprint density at radius 2 is 1.90 bits per heavy atom. The summed E-state index contributed by atoms with van der Waals surface area (Å²) in [4.78, 5) is 12.5. The molecule has 0 bridgehead atoms. The summed E-state index contributed by atoms with van der Waals surface area (Å²) in [6, 6.07) is 14.0. The predicted octanol–water partition coefficient (Wildman–Crippen LogP) is 4.31. The summed E-state index contributed by atoms with van der Waals surface area (Å²) < 4.78 is 0. The number of carbonyl (C=O) groups excluding carboxylic acids is 1. The average molecular weight is 279 g/mol. The van der Waals surface area contributed by atoms with Crippen molar-refractivity contribution in [2.75, 3.05) is 0 Å². The van der Waals surface area contributed by atoms with Gasteiger partial charge in [0.15, 0.2) is 0 Å². The summed E-state index contributed by atoms with van der Waals surface area (Å²) in [5, 5.41) is 5.25. The summed E-state index contributed by atoms with van der Waals surface area (Å²) in [6.07, 6.45) is 6.45. The number of allylic oxidation sites excluding steroid dienone is 1. The second kappa shape index (κ2) is 5.36. The predicted molar refractivity (Wildman–Crippen MR) is 87.4 cm³/mol. The Morgan fingerprint density at radius 1 is 1.14 bits per heavy atom. The molecule has 2 nitrogen and oxygen atoms in total. The lowest BCUT2D eigenvalue weighted by Crippen LogP contribution is -2.36. The molecule has 1 amide bonds. The highest BCUT2D eigenvalue weighted by Crippen LogP contribution is 2.29. The number of hydrogen-bond donors (Lipinski definition) is 1. The summed E-state index contributed by atoms with van der Waals surface area (Å²) in [5.74, 6) is 0.0150. The van der Waals surface area contributed by atoms with E-state index in [1.54, 1.807) is 0 Å². The van der Waals surface area contributed by atoms with Gasteiger partial charge < -0.3 is 5.32 Å². The van der Waals surface area contributed by atoms with E-state index in [4.69, 9.17) is 0 Å². The third-order valence-electron chi connectivity index (χ3n) is 4.23. The first kappa shape index (κ1) is 13.9. The van der Waals surface area contributed by atoms with Crippen LogP contribution in [-0.4, -0.2) is 11.9 Å². The van der Waals surface area contributed by atoms with Crippen molar-refractivity contribution in [3.8, 4) is 0 Å². The quantitative estimate of drug-likeness (QED) is 0.815. The zero-order valence-electron chi connectivity index (χ0n) is 12.6. The van der Waals surface area contributed by atoms with Crippen molar-refractivity contribution in [1.29, 1.82) is 0 Å². The molecule has 2 aromatic rings. The zero-order valence-corrected chi connectivity index (χ0v) is 12.6. The van der Waals surface area contributed by atoms with Crippen LogP contribution < -0.4 is 5.32 Å². The van der Waals surface area contributed by atoms with Crippen molar-refractivity contribution in [2.45, 2.75) is 32.7 Å². The molecule has 0 fully saturated rings. The lowest BCUT2D eigenvalue weighted by atomic mass is 9.81. The minimum Gasteiger partial charge on any atom is -0.346 e. The SMILES string of the molecule is CC1(C)C=CC(NC(=O)c2cccc3ccccc23)CC1. The standard InChI is InChI=1S/C19H21NO/c1-19(2)12-10-15(11-13-19)20-18(21)17-9-5-7-14-6-3-4-8-16(14)17/h3-10,12,15H,11,13H2,1-2H3,(H,20,21). The van der Waals surface area contributed by atoms with Gasteiger partial charge in [-0.05, 0) is 35.1 Å². The molecule has 0 saturated heterocycles. The molecule has 1 aliphatic carbocycles. The fourth-order valence-electron chi connectivity index (χ4n) is 2.87. The number of carbonyl (C=O) groups is 1. The molecule has 1 unspecified atom stereocenters.